The van der Waals surface area contributed by atoms with Gasteiger partial charge in [0.1, 0.15) is 0 Å². The molecule has 14 heavy (non-hydrogen) atoms. The van der Waals surface area contributed by atoms with Crippen molar-refractivity contribution in [2.24, 2.45) is 13.0 Å². The number of aromatic nitrogens is 3. The van der Waals surface area contributed by atoms with E-state index in [1.807, 2.05) is 11.6 Å². The highest BCUT2D eigenvalue weighted by atomic mass is 32.1. The molecule has 0 aromatic carbocycles. The third-order valence-corrected chi connectivity index (χ3v) is 3.26. The average molecular weight is 212 g/mol. The van der Waals surface area contributed by atoms with Gasteiger partial charge in [-0.15, -0.1) is 5.10 Å². The Morgan fingerprint density at radius 3 is 2.64 bits per heavy atom. The van der Waals surface area contributed by atoms with Gasteiger partial charge in [0.25, 0.3) is 0 Å². The highest BCUT2D eigenvalue weighted by molar-refractivity contribution is 7.71. The molecule has 5 heteroatoms. The molecule has 2 heterocycles. The highest BCUT2D eigenvalue weighted by Crippen LogP contribution is 2.26. The number of nitrogens with one attached hydrogen (secondary N) is 1. The Kier molecular flexibility index (Phi) is 2.34. The molecule has 78 valence electrons. The van der Waals surface area contributed by atoms with Gasteiger partial charge in [0, 0.05) is 19.6 Å². The third-order valence-electron chi connectivity index (χ3n) is 2.90. The summed E-state index contributed by atoms with van der Waals surface area (Å²) in [5.74, 6) is 1.71. The minimum absolute atomic E-state index is 0.564. The standard InChI is InChI=1S/C9H16N4S/c1-6-4-7(2)13(5-6)8-10-11-9(14)12(8)3/h6-7H,4-5H2,1-3H3,(H,11,14). The van der Waals surface area contributed by atoms with Crippen LogP contribution < -0.4 is 4.90 Å². The molecule has 1 aromatic rings. The number of hydrogen-bond donors (Lipinski definition) is 1. The normalized spacial score (nSPS) is 27.2. The van der Waals surface area contributed by atoms with E-state index < -0.39 is 0 Å². The number of nitrogens with zero attached hydrogens (tertiary/aromatic N) is 3. The lowest BCUT2D eigenvalue weighted by atomic mass is 10.1. The van der Waals surface area contributed by atoms with Gasteiger partial charge in [0.15, 0.2) is 4.77 Å². The Bertz CT molecular complexity index is 380. The number of H-pyrrole nitrogens is 1. The zero-order valence-electron chi connectivity index (χ0n) is 8.82. The topological polar surface area (TPSA) is 36.9 Å². The summed E-state index contributed by atoms with van der Waals surface area (Å²) in [7, 11) is 1.96. The van der Waals surface area contributed by atoms with Gasteiger partial charge < -0.3 is 4.90 Å². The molecular weight excluding hydrogens is 196 g/mol. The van der Waals surface area contributed by atoms with Crippen molar-refractivity contribution in [3.05, 3.63) is 4.77 Å². The quantitative estimate of drug-likeness (QED) is 0.720. The predicted octanol–water partition coefficient (Wildman–Crippen LogP) is 1.71. The highest BCUT2D eigenvalue weighted by Gasteiger charge is 2.28. The molecule has 0 aliphatic carbocycles. The summed E-state index contributed by atoms with van der Waals surface area (Å²) in [6.45, 7) is 5.59. The van der Waals surface area contributed by atoms with Crippen molar-refractivity contribution in [2.75, 3.05) is 11.4 Å². The molecule has 1 fully saturated rings. The van der Waals surface area contributed by atoms with Crippen molar-refractivity contribution < 1.29 is 0 Å². The summed E-state index contributed by atoms with van der Waals surface area (Å²) in [5, 5.41) is 7.08. The van der Waals surface area contributed by atoms with Crippen LogP contribution in [0.2, 0.25) is 0 Å². The van der Waals surface area contributed by atoms with Gasteiger partial charge in [-0.05, 0) is 31.5 Å². The molecule has 0 spiro atoms. The van der Waals surface area contributed by atoms with E-state index in [9.17, 15) is 0 Å². The molecule has 0 saturated carbocycles. The second kappa shape index (κ2) is 3.38. The fourth-order valence-electron chi connectivity index (χ4n) is 2.17. The van der Waals surface area contributed by atoms with Gasteiger partial charge >= 0.3 is 0 Å². The second-order valence-electron chi connectivity index (χ2n) is 4.23. The lowest BCUT2D eigenvalue weighted by Crippen LogP contribution is -2.29. The zero-order valence-corrected chi connectivity index (χ0v) is 9.64. The number of rotatable bonds is 1. The first kappa shape index (κ1) is 9.71. The van der Waals surface area contributed by atoms with Crippen molar-refractivity contribution in [1.82, 2.24) is 14.8 Å². The van der Waals surface area contributed by atoms with E-state index in [2.05, 4.69) is 28.9 Å². The lowest BCUT2D eigenvalue weighted by molar-refractivity contribution is 0.624. The van der Waals surface area contributed by atoms with Crippen molar-refractivity contribution in [2.45, 2.75) is 26.3 Å². The van der Waals surface area contributed by atoms with Crippen LogP contribution in [0.3, 0.4) is 0 Å². The summed E-state index contributed by atoms with van der Waals surface area (Å²) in [5.41, 5.74) is 0. The maximum atomic E-state index is 5.10. The summed E-state index contributed by atoms with van der Waals surface area (Å²) >= 11 is 5.10. The largest absolute Gasteiger partial charge is 0.338 e. The van der Waals surface area contributed by atoms with Crippen LogP contribution in [0.5, 0.6) is 0 Å². The Labute approximate surface area is 88.9 Å². The number of anilines is 1. The van der Waals surface area contributed by atoms with Crippen LogP contribution in [0.15, 0.2) is 0 Å². The molecule has 0 amide bonds. The Morgan fingerprint density at radius 2 is 2.21 bits per heavy atom. The fraction of sp³-hybridized carbons (Fsp3) is 0.778. The van der Waals surface area contributed by atoms with Crippen LogP contribution in [-0.4, -0.2) is 27.4 Å². The fourth-order valence-corrected chi connectivity index (χ4v) is 2.30. The maximum Gasteiger partial charge on any atom is 0.225 e. The van der Waals surface area contributed by atoms with E-state index in [-0.39, 0.29) is 0 Å². The van der Waals surface area contributed by atoms with Gasteiger partial charge in [-0.2, -0.15) is 0 Å². The maximum absolute atomic E-state index is 5.10. The molecule has 4 nitrogen and oxygen atoms in total. The Hall–Kier alpha value is -0.840. The molecule has 2 rings (SSSR count). The van der Waals surface area contributed by atoms with Crippen LogP contribution >= 0.6 is 12.2 Å². The first-order chi connectivity index (χ1) is 6.59. The molecule has 1 aliphatic heterocycles. The van der Waals surface area contributed by atoms with E-state index >= 15 is 0 Å². The minimum Gasteiger partial charge on any atom is -0.338 e. The van der Waals surface area contributed by atoms with Gasteiger partial charge in [-0.25, -0.2) is 5.10 Å². The summed E-state index contributed by atoms with van der Waals surface area (Å²) in [6, 6.07) is 0.564. The summed E-state index contributed by atoms with van der Waals surface area (Å²) in [4.78, 5) is 2.32. The first-order valence-electron chi connectivity index (χ1n) is 4.97. The van der Waals surface area contributed by atoms with Gasteiger partial charge in [0.2, 0.25) is 5.95 Å². The second-order valence-corrected chi connectivity index (χ2v) is 4.62. The van der Waals surface area contributed by atoms with E-state index in [0.29, 0.717) is 10.8 Å². The molecule has 1 aliphatic rings. The molecule has 2 unspecified atom stereocenters. The predicted molar refractivity (Wildman–Crippen MR) is 59.0 cm³/mol. The van der Waals surface area contributed by atoms with E-state index in [1.54, 1.807) is 0 Å². The summed E-state index contributed by atoms with van der Waals surface area (Å²) < 4.78 is 2.62. The van der Waals surface area contributed by atoms with Gasteiger partial charge in [-0.3, -0.25) is 4.57 Å². The van der Waals surface area contributed by atoms with Gasteiger partial charge in [0.05, 0.1) is 0 Å². The zero-order chi connectivity index (χ0) is 10.3. The van der Waals surface area contributed by atoms with Crippen LogP contribution in [-0.2, 0) is 7.05 Å². The Balaban J connectivity index is 2.32. The molecular formula is C9H16N4S. The molecule has 0 bridgehead atoms. The van der Waals surface area contributed by atoms with Crippen molar-refractivity contribution in [3.63, 3.8) is 0 Å². The first-order valence-corrected chi connectivity index (χ1v) is 5.38. The third kappa shape index (κ3) is 1.45. The molecule has 2 atom stereocenters. The van der Waals surface area contributed by atoms with E-state index in [0.717, 1.165) is 18.4 Å². The van der Waals surface area contributed by atoms with Crippen LogP contribution in [0.4, 0.5) is 5.95 Å². The number of hydrogen-bond acceptors (Lipinski definition) is 3. The molecule has 1 N–H and O–H groups in total. The van der Waals surface area contributed by atoms with Crippen LogP contribution in [0.1, 0.15) is 20.3 Å². The van der Waals surface area contributed by atoms with Crippen LogP contribution in [0.25, 0.3) is 0 Å². The van der Waals surface area contributed by atoms with E-state index in [4.69, 9.17) is 12.2 Å². The Morgan fingerprint density at radius 1 is 1.50 bits per heavy atom. The smallest absolute Gasteiger partial charge is 0.225 e. The minimum atomic E-state index is 0.564. The molecule has 1 aromatic heterocycles. The SMILES string of the molecule is CC1CC(C)N(c2n[nH]c(=S)n2C)C1. The van der Waals surface area contributed by atoms with E-state index in [1.165, 1.54) is 6.42 Å². The number of aromatic amines is 1. The van der Waals surface area contributed by atoms with Crippen LogP contribution in [0, 0.1) is 10.7 Å². The average Bonchev–Trinajstić information content (AvgIpc) is 2.59. The van der Waals surface area contributed by atoms with Gasteiger partial charge in [-0.1, -0.05) is 6.92 Å². The lowest BCUT2D eigenvalue weighted by Gasteiger charge is -2.21. The van der Waals surface area contributed by atoms with Crippen molar-refractivity contribution in [3.8, 4) is 0 Å². The van der Waals surface area contributed by atoms with Crippen molar-refractivity contribution >= 4 is 18.2 Å². The van der Waals surface area contributed by atoms with Crippen molar-refractivity contribution in [1.29, 1.82) is 0 Å². The summed E-state index contributed by atoms with van der Waals surface area (Å²) in [6.07, 6.45) is 1.24. The molecule has 1 saturated heterocycles. The monoisotopic (exact) mass is 212 g/mol. The molecule has 0 radical (unpaired) electrons.